The van der Waals surface area contributed by atoms with E-state index in [-0.39, 0.29) is 6.42 Å². The van der Waals surface area contributed by atoms with Gasteiger partial charge in [0.2, 0.25) is 5.91 Å². The number of hydrogen-bond acceptors (Lipinski definition) is 11. The van der Waals surface area contributed by atoms with Crippen LogP contribution in [0.2, 0.25) is 0 Å². The van der Waals surface area contributed by atoms with Gasteiger partial charge < -0.3 is 40.3 Å². The van der Waals surface area contributed by atoms with Gasteiger partial charge in [-0.3, -0.25) is 9.35 Å². The topological polar surface area (TPSA) is 212 Å². The standard InChI is InChI=1S/C53H103NO12S/c1-3-5-7-9-11-13-15-17-19-21-23-24-26-28-30-32-34-36-38-40-42-47(57)52(60)54-45(44-64-53-50(59)51(66-67(61,62)63)49(58)48(43-55)65-53)46(56)41-39-37-35-33-31-29-27-25-22-20-18-16-14-12-10-8-6-4-2/h39,41,45-51,53,55-59H,3-38,40,42-44H2,1-2H3,(H,54,60)(H,61,62,63)/b41-39+. The molecular formula is C53H103NO12S. The van der Waals surface area contributed by atoms with Gasteiger partial charge in [0.25, 0.3) is 0 Å². The molecule has 398 valence electrons. The quantitative estimate of drug-likeness (QED) is 0.0172. The van der Waals surface area contributed by atoms with Crippen LogP contribution in [0.5, 0.6) is 0 Å². The lowest BCUT2D eigenvalue weighted by molar-refractivity contribution is -0.298. The Hall–Kier alpha value is -1.20. The molecule has 1 aliphatic heterocycles. The Kier molecular flexibility index (Phi) is 41.5. The second-order valence-electron chi connectivity index (χ2n) is 19.7. The highest BCUT2D eigenvalue weighted by Gasteiger charge is 2.48. The summed E-state index contributed by atoms with van der Waals surface area (Å²) in [6.45, 7) is 3.27. The van der Waals surface area contributed by atoms with Crippen molar-refractivity contribution >= 4 is 16.3 Å². The molecule has 0 aromatic heterocycles. The SMILES string of the molecule is CCCCCCCCCCCCCCCCCC/C=C/C(O)C(COC1OC(CO)C(O)C(OS(=O)(=O)O)C1O)NC(=O)C(O)CCCCCCCCCCCCCCCCCCCCCC. The van der Waals surface area contributed by atoms with Crippen molar-refractivity contribution < 1.29 is 57.0 Å². The van der Waals surface area contributed by atoms with Gasteiger partial charge in [-0.05, 0) is 19.3 Å². The minimum Gasteiger partial charge on any atom is -0.394 e. The maximum absolute atomic E-state index is 13.2. The summed E-state index contributed by atoms with van der Waals surface area (Å²) in [5.41, 5.74) is 0. The number of carbonyl (C=O) groups is 1. The molecule has 8 unspecified atom stereocenters. The van der Waals surface area contributed by atoms with Crippen molar-refractivity contribution in [1.82, 2.24) is 5.32 Å². The van der Waals surface area contributed by atoms with Crippen molar-refractivity contribution in [2.24, 2.45) is 0 Å². The maximum atomic E-state index is 13.2. The lowest BCUT2D eigenvalue weighted by Gasteiger charge is -2.41. The van der Waals surface area contributed by atoms with Gasteiger partial charge in [0.05, 0.1) is 25.4 Å². The van der Waals surface area contributed by atoms with Gasteiger partial charge in [-0.1, -0.05) is 251 Å². The molecule has 13 nitrogen and oxygen atoms in total. The lowest BCUT2D eigenvalue weighted by atomic mass is 9.99. The third-order valence-corrected chi connectivity index (χ3v) is 13.9. The average molecular weight is 978 g/mol. The molecule has 1 aliphatic rings. The van der Waals surface area contributed by atoms with E-state index in [0.717, 1.165) is 38.5 Å². The maximum Gasteiger partial charge on any atom is 0.397 e. The highest BCUT2D eigenvalue weighted by molar-refractivity contribution is 7.80. The average Bonchev–Trinajstić information content (AvgIpc) is 3.30. The number of allylic oxidation sites excluding steroid dienone is 1. The fraction of sp³-hybridized carbons (Fsp3) is 0.943. The number of carbonyl (C=O) groups excluding carboxylic acids is 1. The Morgan fingerprint density at radius 2 is 0.970 bits per heavy atom. The van der Waals surface area contributed by atoms with E-state index in [4.69, 9.17) is 9.47 Å². The number of aliphatic hydroxyl groups is 5. The van der Waals surface area contributed by atoms with Crippen LogP contribution in [0.3, 0.4) is 0 Å². The van der Waals surface area contributed by atoms with Crippen LogP contribution in [0.15, 0.2) is 12.2 Å². The monoisotopic (exact) mass is 978 g/mol. The van der Waals surface area contributed by atoms with Crippen LogP contribution >= 0.6 is 0 Å². The molecule has 1 amide bonds. The molecule has 1 saturated heterocycles. The second-order valence-corrected chi connectivity index (χ2v) is 20.7. The van der Waals surface area contributed by atoms with Gasteiger partial charge in [0, 0.05) is 0 Å². The minimum atomic E-state index is -5.12. The second kappa shape index (κ2) is 43.6. The van der Waals surface area contributed by atoms with E-state index in [0.29, 0.717) is 12.8 Å². The number of aliphatic hydroxyl groups excluding tert-OH is 5. The summed E-state index contributed by atoms with van der Waals surface area (Å²) in [5, 5.41) is 55.5. The van der Waals surface area contributed by atoms with Crippen LogP contribution in [-0.4, -0.2) is 107 Å². The number of rotatable bonds is 48. The molecule has 67 heavy (non-hydrogen) atoms. The molecule has 0 aromatic rings. The van der Waals surface area contributed by atoms with Gasteiger partial charge in [0.1, 0.15) is 30.5 Å². The van der Waals surface area contributed by atoms with Gasteiger partial charge in [0.15, 0.2) is 6.29 Å². The number of nitrogens with one attached hydrogen (secondary N) is 1. The van der Waals surface area contributed by atoms with Crippen molar-refractivity contribution in [1.29, 1.82) is 0 Å². The lowest BCUT2D eigenvalue weighted by Crippen LogP contribution is -2.61. The number of hydrogen-bond donors (Lipinski definition) is 7. The molecule has 0 bridgehead atoms. The first kappa shape index (κ1) is 63.8. The summed E-state index contributed by atoms with van der Waals surface area (Å²) in [7, 11) is -5.12. The van der Waals surface area contributed by atoms with Crippen LogP contribution in [-0.2, 0) is 28.9 Å². The van der Waals surface area contributed by atoms with Gasteiger partial charge in [-0.2, -0.15) is 8.42 Å². The van der Waals surface area contributed by atoms with Crippen molar-refractivity contribution in [3.8, 4) is 0 Å². The zero-order valence-corrected chi connectivity index (χ0v) is 43.4. The van der Waals surface area contributed by atoms with Crippen LogP contribution < -0.4 is 5.32 Å². The first-order valence-electron chi connectivity index (χ1n) is 27.7. The largest absolute Gasteiger partial charge is 0.397 e. The van der Waals surface area contributed by atoms with E-state index in [9.17, 15) is 43.3 Å². The van der Waals surface area contributed by atoms with E-state index in [1.165, 1.54) is 186 Å². The summed E-state index contributed by atoms with van der Waals surface area (Å²) >= 11 is 0. The third kappa shape index (κ3) is 35.5. The molecular weight excluding hydrogens is 875 g/mol. The van der Waals surface area contributed by atoms with Crippen molar-refractivity contribution in [3.05, 3.63) is 12.2 Å². The molecule has 0 aliphatic carbocycles. The Labute approximate surface area is 409 Å². The molecule has 7 N–H and O–H groups in total. The van der Waals surface area contributed by atoms with E-state index in [1.54, 1.807) is 6.08 Å². The normalized spacial score (nSPS) is 20.4. The number of amides is 1. The van der Waals surface area contributed by atoms with Gasteiger partial charge >= 0.3 is 10.4 Å². The van der Waals surface area contributed by atoms with E-state index < -0.39 is 78.5 Å². The van der Waals surface area contributed by atoms with Crippen LogP contribution in [0.4, 0.5) is 0 Å². The molecule has 8 atom stereocenters. The molecule has 1 rings (SSSR count). The number of unbranched alkanes of at least 4 members (excludes halogenated alkanes) is 35. The van der Waals surface area contributed by atoms with Crippen LogP contribution in [0, 0.1) is 0 Å². The molecule has 1 fully saturated rings. The van der Waals surface area contributed by atoms with E-state index in [2.05, 4.69) is 23.3 Å². The highest BCUT2D eigenvalue weighted by atomic mass is 32.3. The molecule has 1 heterocycles. The summed E-state index contributed by atoms with van der Waals surface area (Å²) in [6.07, 6.45) is 38.5. The predicted octanol–water partition coefficient (Wildman–Crippen LogP) is 11.3. The zero-order valence-electron chi connectivity index (χ0n) is 42.6. The first-order chi connectivity index (χ1) is 32.4. The Morgan fingerprint density at radius 3 is 1.34 bits per heavy atom. The summed E-state index contributed by atoms with van der Waals surface area (Å²) < 4.78 is 47.7. The Balaban J connectivity index is 2.46. The predicted molar refractivity (Wildman–Crippen MR) is 270 cm³/mol. The molecule has 0 radical (unpaired) electrons. The summed E-state index contributed by atoms with van der Waals surface area (Å²) in [6, 6.07) is -1.12. The molecule has 0 spiro atoms. The first-order valence-corrected chi connectivity index (χ1v) is 29.0. The van der Waals surface area contributed by atoms with Crippen molar-refractivity contribution in [3.63, 3.8) is 0 Å². The molecule has 14 heteroatoms. The molecule has 0 aromatic carbocycles. The fourth-order valence-electron chi connectivity index (χ4n) is 9.05. The summed E-state index contributed by atoms with van der Waals surface area (Å²) in [5.74, 6) is -0.696. The molecule has 0 saturated carbocycles. The van der Waals surface area contributed by atoms with Crippen LogP contribution in [0.1, 0.15) is 258 Å². The van der Waals surface area contributed by atoms with Crippen molar-refractivity contribution in [2.45, 2.75) is 307 Å². The zero-order chi connectivity index (χ0) is 49.2. The van der Waals surface area contributed by atoms with E-state index >= 15 is 0 Å². The van der Waals surface area contributed by atoms with Gasteiger partial charge in [-0.15, -0.1) is 0 Å². The number of ether oxygens (including phenoxy) is 2. The summed E-state index contributed by atoms with van der Waals surface area (Å²) in [4.78, 5) is 13.2. The Morgan fingerprint density at radius 1 is 0.597 bits per heavy atom. The highest BCUT2D eigenvalue weighted by Crippen LogP contribution is 2.26. The van der Waals surface area contributed by atoms with E-state index in [1.807, 2.05) is 6.08 Å². The Bertz CT molecular complexity index is 1260. The fourth-order valence-corrected chi connectivity index (χ4v) is 9.56. The minimum absolute atomic E-state index is 0.249. The third-order valence-electron chi connectivity index (χ3n) is 13.4. The van der Waals surface area contributed by atoms with Crippen molar-refractivity contribution in [2.75, 3.05) is 13.2 Å². The smallest absolute Gasteiger partial charge is 0.394 e. The van der Waals surface area contributed by atoms with Gasteiger partial charge in [-0.25, -0.2) is 4.18 Å². The van der Waals surface area contributed by atoms with Crippen LogP contribution in [0.25, 0.3) is 0 Å².